The fourth-order valence-electron chi connectivity index (χ4n) is 0.943. The molecule has 0 fully saturated rings. The van der Waals surface area contributed by atoms with Gasteiger partial charge in [-0.3, -0.25) is 10.1 Å². The van der Waals surface area contributed by atoms with E-state index in [4.69, 9.17) is 5.11 Å². The van der Waals surface area contributed by atoms with Crippen molar-refractivity contribution in [2.45, 2.75) is 6.10 Å². The molecule has 0 aromatic heterocycles. The largest absolute Gasteiger partial charge is 0.508 e. The molecule has 1 aromatic rings. The molecule has 0 radical (unpaired) electrons. The third-order valence-corrected chi connectivity index (χ3v) is 1.60. The van der Waals surface area contributed by atoms with Crippen molar-refractivity contribution in [1.29, 1.82) is 0 Å². The first-order chi connectivity index (χ1) is 6.09. The summed E-state index contributed by atoms with van der Waals surface area (Å²) in [5.74, 6) is 0.0667. The highest BCUT2D eigenvalue weighted by Gasteiger charge is 2.13. The van der Waals surface area contributed by atoms with E-state index in [1.807, 2.05) is 0 Å². The Morgan fingerprint density at radius 2 is 1.92 bits per heavy atom. The molecule has 0 spiro atoms. The normalized spacial score (nSPS) is 12.4. The van der Waals surface area contributed by atoms with Gasteiger partial charge in [0.25, 0.3) is 0 Å². The van der Waals surface area contributed by atoms with Gasteiger partial charge in [0.2, 0.25) is 6.54 Å². The molecule has 5 heteroatoms. The van der Waals surface area contributed by atoms with E-state index in [0.29, 0.717) is 5.56 Å². The standard InChI is InChI=1S/C8H9NO4/c10-7-3-1-6(2-4-7)8(11)5-9(12)13/h1-4,8,10-11H,5H2/t8-/m0/s1. The zero-order valence-electron chi connectivity index (χ0n) is 6.75. The molecule has 70 valence electrons. The van der Waals surface area contributed by atoms with E-state index in [9.17, 15) is 15.2 Å². The van der Waals surface area contributed by atoms with Crippen molar-refractivity contribution in [2.75, 3.05) is 6.54 Å². The highest BCUT2D eigenvalue weighted by Crippen LogP contribution is 2.16. The summed E-state index contributed by atoms with van der Waals surface area (Å²) in [5, 5.41) is 28.2. The van der Waals surface area contributed by atoms with Crippen molar-refractivity contribution in [1.82, 2.24) is 0 Å². The van der Waals surface area contributed by atoms with Crippen molar-refractivity contribution in [3.8, 4) is 5.75 Å². The summed E-state index contributed by atoms with van der Waals surface area (Å²) < 4.78 is 0. The molecule has 1 atom stereocenters. The monoisotopic (exact) mass is 183 g/mol. The number of phenolic OH excluding ortho intramolecular Hbond substituents is 1. The second-order valence-corrected chi connectivity index (χ2v) is 2.62. The van der Waals surface area contributed by atoms with Crippen LogP contribution in [0.5, 0.6) is 5.75 Å². The van der Waals surface area contributed by atoms with Gasteiger partial charge in [0.05, 0.1) is 0 Å². The lowest BCUT2D eigenvalue weighted by Crippen LogP contribution is -2.11. The number of hydrogen-bond donors (Lipinski definition) is 2. The summed E-state index contributed by atoms with van der Waals surface area (Å²) in [4.78, 5) is 9.46. The second kappa shape index (κ2) is 3.86. The number of aliphatic hydroxyl groups is 1. The molecular weight excluding hydrogens is 174 g/mol. The fourth-order valence-corrected chi connectivity index (χ4v) is 0.943. The minimum absolute atomic E-state index is 0.0667. The van der Waals surface area contributed by atoms with Crippen LogP contribution < -0.4 is 0 Å². The van der Waals surface area contributed by atoms with Gasteiger partial charge in [-0.05, 0) is 17.7 Å². The van der Waals surface area contributed by atoms with Crippen molar-refractivity contribution in [3.63, 3.8) is 0 Å². The Morgan fingerprint density at radius 3 is 2.38 bits per heavy atom. The number of aromatic hydroxyl groups is 1. The number of nitro groups is 1. The predicted octanol–water partition coefficient (Wildman–Crippen LogP) is 0.702. The molecule has 0 aliphatic rings. The van der Waals surface area contributed by atoms with Crippen LogP contribution in [0, 0.1) is 10.1 Å². The summed E-state index contributed by atoms with van der Waals surface area (Å²) in [5.41, 5.74) is 0.425. The number of hydrogen-bond acceptors (Lipinski definition) is 4. The average molecular weight is 183 g/mol. The Hall–Kier alpha value is -1.62. The summed E-state index contributed by atoms with van der Waals surface area (Å²) in [7, 11) is 0. The molecule has 13 heavy (non-hydrogen) atoms. The number of benzene rings is 1. The lowest BCUT2D eigenvalue weighted by molar-refractivity contribution is -0.491. The Bertz CT molecular complexity index is 296. The smallest absolute Gasteiger partial charge is 0.233 e. The number of phenols is 1. The molecule has 2 N–H and O–H groups in total. The first kappa shape index (κ1) is 9.47. The Morgan fingerprint density at radius 1 is 1.38 bits per heavy atom. The molecule has 0 bridgehead atoms. The van der Waals surface area contributed by atoms with E-state index in [2.05, 4.69) is 0 Å². The van der Waals surface area contributed by atoms with Crippen LogP contribution in [-0.4, -0.2) is 21.7 Å². The van der Waals surface area contributed by atoms with Gasteiger partial charge in [0, 0.05) is 4.92 Å². The molecule has 5 nitrogen and oxygen atoms in total. The molecule has 0 amide bonds. The van der Waals surface area contributed by atoms with E-state index in [0.717, 1.165) is 0 Å². The number of nitrogens with zero attached hydrogens (tertiary/aromatic N) is 1. The molecule has 0 unspecified atom stereocenters. The zero-order valence-corrected chi connectivity index (χ0v) is 6.75. The van der Waals surface area contributed by atoms with Crippen LogP contribution in [0.1, 0.15) is 11.7 Å². The van der Waals surface area contributed by atoms with Crippen LogP contribution >= 0.6 is 0 Å². The SMILES string of the molecule is O=[N+]([O-])C[C@H](O)c1ccc(O)cc1. The lowest BCUT2D eigenvalue weighted by atomic mass is 10.1. The number of aliphatic hydroxyl groups excluding tert-OH is 1. The van der Waals surface area contributed by atoms with Crippen LogP contribution in [0.3, 0.4) is 0 Å². The Balaban J connectivity index is 2.71. The summed E-state index contributed by atoms with van der Waals surface area (Å²) in [6.45, 7) is -0.523. The second-order valence-electron chi connectivity index (χ2n) is 2.62. The van der Waals surface area contributed by atoms with Crippen LogP contribution in [-0.2, 0) is 0 Å². The first-order valence-electron chi connectivity index (χ1n) is 3.68. The molecule has 0 saturated carbocycles. The van der Waals surface area contributed by atoms with E-state index >= 15 is 0 Å². The highest BCUT2D eigenvalue weighted by molar-refractivity contribution is 5.27. The van der Waals surface area contributed by atoms with Gasteiger partial charge in [-0.25, -0.2) is 0 Å². The molecule has 0 aliphatic carbocycles. The van der Waals surface area contributed by atoms with Gasteiger partial charge in [-0.1, -0.05) is 12.1 Å². The maximum atomic E-state index is 10.0. The van der Waals surface area contributed by atoms with E-state index < -0.39 is 17.6 Å². The van der Waals surface area contributed by atoms with Crippen LogP contribution in [0.15, 0.2) is 24.3 Å². The predicted molar refractivity (Wildman–Crippen MR) is 44.9 cm³/mol. The molecule has 1 rings (SSSR count). The van der Waals surface area contributed by atoms with Gasteiger partial charge < -0.3 is 10.2 Å². The quantitative estimate of drug-likeness (QED) is 0.533. The number of rotatable bonds is 3. The van der Waals surface area contributed by atoms with Crippen molar-refractivity contribution in [2.24, 2.45) is 0 Å². The van der Waals surface area contributed by atoms with Crippen molar-refractivity contribution < 1.29 is 15.1 Å². The third kappa shape index (κ3) is 2.72. The average Bonchev–Trinajstić information content (AvgIpc) is 2.04. The lowest BCUT2D eigenvalue weighted by Gasteiger charge is -2.05. The van der Waals surface area contributed by atoms with Crippen LogP contribution in [0.4, 0.5) is 0 Å². The maximum Gasteiger partial charge on any atom is 0.233 e. The Labute approximate surface area is 74.4 Å². The highest BCUT2D eigenvalue weighted by atomic mass is 16.6. The summed E-state index contributed by atoms with van der Waals surface area (Å²) in [6.07, 6.45) is -1.12. The topological polar surface area (TPSA) is 83.6 Å². The van der Waals surface area contributed by atoms with Gasteiger partial charge in [-0.15, -0.1) is 0 Å². The van der Waals surface area contributed by atoms with Crippen molar-refractivity contribution in [3.05, 3.63) is 39.9 Å². The van der Waals surface area contributed by atoms with Gasteiger partial charge >= 0.3 is 0 Å². The van der Waals surface area contributed by atoms with Crippen LogP contribution in [0.25, 0.3) is 0 Å². The zero-order chi connectivity index (χ0) is 9.84. The maximum absolute atomic E-state index is 10.0. The van der Waals surface area contributed by atoms with Gasteiger partial charge in [0.1, 0.15) is 11.9 Å². The molecule has 1 aromatic carbocycles. The molecule has 0 aliphatic heterocycles. The van der Waals surface area contributed by atoms with E-state index in [1.165, 1.54) is 24.3 Å². The molecular formula is C8H9NO4. The van der Waals surface area contributed by atoms with Crippen molar-refractivity contribution >= 4 is 0 Å². The Kier molecular flexibility index (Phi) is 2.81. The minimum atomic E-state index is -1.12. The van der Waals surface area contributed by atoms with Gasteiger partial charge in [0.15, 0.2) is 0 Å². The molecule has 0 heterocycles. The molecule has 0 saturated heterocycles. The van der Waals surface area contributed by atoms with E-state index in [-0.39, 0.29) is 5.75 Å². The van der Waals surface area contributed by atoms with E-state index in [1.54, 1.807) is 0 Å². The summed E-state index contributed by atoms with van der Waals surface area (Å²) in [6, 6.07) is 5.64. The fraction of sp³-hybridized carbons (Fsp3) is 0.250. The minimum Gasteiger partial charge on any atom is -0.508 e. The third-order valence-electron chi connectivity index (χ3n) is 1.60. The van der Waals surface area contributed by atoms with Gasteiger partial charge in [-0.2, -0.15) is 0 Å². The van der Waals surface area contributed by atoms with Crippen LogP contribution in [0.2, 0.25) is 0 Å². The summed E-state index contributed by atoms with van der Waals surface area (Å²) >= 11 is 0. The first-order valence-corrected chi connectivity index (χ1v) is 3.68.